The van der Waals surface area contributed by atoms with Crippen molar-refractivity contribution in [2.24, 2.45) is 5.73 Å². The molecule has 19 heavy (non-hydrogen) atoms. The topological polar surface area (TPSA) is 55.1 Å². The maximum atomic E-state index is 10.9. The molecular formula is C14H12Cl2N2O. The summed E-state index contributed by atoms with van der Waals surface area (Å²) in [6.45, 7) is 0.575. The molecule has 0 radical (unpaired) electrons. The zero-order valence-electron chi connectivity index (χ0n) is 9.99. The molecule has 0 bridgehead atoms. The summed E-state index contributed by atoms with van der Waals surface area (Å²) in [4.78, 5) is 10.9. The van der Waals surface area contributed by atoms with Gasteiger partial charge in [0, 0.05) is 27.8 Å². The Morgan fingerprint density at radius 2 is 1.79 bits per heavy atom. The first kappa shape index (κ1) is 13.7. The molecule has 0 aromatic heterocycles. The van der Waals surface area contributed by atoms with Gasteiger partial charge in [0.15, 0.2) is 0 Å². The van der Waals surface area contributed by atoms with Crippen LogP contribution in [0, 0.1) is 0 Å². The predicted molar refractivity (Wildman–Crippen MR) is 78.7 cm³/mol. The predicted octanol–water partition coefficient (Wildman–Crippen LogP) is 3.70. The second-order valence-electron chi connectivity index (χ2n) is 4.03. The number of primary amides is 1. The fourth-order valence-corrected chi connectivity index (χ4v) is 2.09. The Bertz CT molecular complexity index is 597. The smallest absolute Gasteiger partial charge is 0.248 e. The second-order valence-corrected chi connectivity index (χ2v) is 4.87. The highest BCUT2D eigenvalue weighted by atomic mass is 35.5. The van der Waals surface area contributed by atoms with Crippen molar-refractivity contribution in [3.63, 3.8) is 0 Å². The third-order valence-corrected chi connectivity index (χ3v) is 3.25. The van der Waals surface area contributed by atoms with E-state index in [-0.39, 0.29) is 0 Å². The SMILES string of the molecule is NC(=O)c1ccc(NCc2ccc(Cl)cc2Cl)cc1. The molecule has 2 rings (SSSR count). The number of nitrogens with two attached hydrogens (primary N) is 1. The first-order chi connectivity index (χ1) is 9.06. The fraction of sp³-hybridized carbons (Fsp3) is 0.0714. The minimum absolute atomic E-state index is 0.438. The van der Waals surface area contributed by atoms with Gasteiger partial charge in [-0.05, 0) is 42.0 Å². The molecule has 3 nitrogen and oxygen atoms in total. The van der Waals surface area contributed by atoms with E-state index >= 15 is 0 Å². The molecule has 0 saturated carbocycles. The van der Waals surface area contributed by atoms with E-state index in [4.69, 9.17) is 28.9 Å². The average molecular weight is 295 g/mol. The summed E-state index contributed by atoms with van der Waals surface area (Å²) in [6, 6.07) is 12.3. The molecule has 3 N–H and O–H groups in total. The first-order valence-electron chi connectivity index (χ1n) is 5.64. The number of rotatable bonds is 4. The number of anilines is 1. The van der Waals surface area contributed by atoms with E-state index in [0.717, 1.165) is 11.3 Å². The highest BCUT2D eigenvalue weighted by molar-refractivity contribution is 6.35. The fourth-order valence-electron chi connectivity index (χ4n) is 1.61. The van der Waals surface area contributed by atoms with Crippen LogP contribution < -0.4 is 11.1 Å². The van der Waals surface area contributed by atoms with Gasteiger partial charge in [-0.3, -0.25) is 4.79 Å². The lowest BCUT2D eigenvalue weighted by Crippen LogP contribution is -2.10. The van der Waals surface area contributed by atoms with E-state index < -0.39 is 5.91 Å². The van der Waals surface area contributed by atoms with Gasteiger partial charge in [-0.15, -0.1) is 0 Å². The standard InChI is InChI=1S/C14H12Cl2N2O/c15-11-4-1-10(13(16)7-11)8-18-12-5-2-9(3-6-12)14(17)19/h1-7,18H,8H2,(H2,17,19). The summed E-state index contributed by atoms with van der Waals surface area (Å²) in [6.07, 6.45) is 0. The van der Waals surface area contributed by atoms with E-state index in [1.54, 1.807) is 36.4 Å². The molecule has 0 aliphatic heterocycles. The van der Waals surface area contributed by atoms with E-state index in [1.165, 1.54) is 0 Å². The Morgan fingerprint density at radius 3 is 2.37 bits per heavy atom. The number of carbonyl (C=O) groups is 1. The van der Waals surface area contributed by atoms with Gasteiger partial charge in [-0.1, -0.05) is 29.3 Å². The molecule has 0 heterocycles. The van der Waals surface area contributed by atoms with Crippen molar-refractivity contribution in [1.29, 1.82) is 0 Å². The summed E-state index contributed by atoms with van der Waals surface area (Å²) in [7, 11) is 0. The van der Waals surface area contributed by atoms with Gasteiger partial charge in [-0.2, -0.15) is 0 Å². The van der Waals surface area contributed by atoms with E-state index in [2.05, 4.69) is 5.32 Å². The number of nitrogens with one attached hydrogen (secondary N) is 1. The van der Waals surface area contributed by atoms with Crippen molar-refractivity contribution in [2.45, 2.75) is 6.54 Å². The lowest BCUT2D eigenvalue weighted by atomic mass is 10.2. The maximum absolute atomic E-state index is 10.9. The number of halogens is 2. The van der Waals surface area contributed by atoms with Crippen LogP contribution in [0.15, 0.2) is 42.5 Å². The number of hydrogen-bond acceptors (Lipinski definition) is 2. The third kappa shape index (κ3) is 3.63. The molecule has 0 spiro atoms. The van der Waals surface area contributed by atoms with Crippen LogP contribution in [0.25, 0.3) is 0 Å². The van der Waals surface area contributed by atoms with Gasteiger partial charge in [0.1, 0.15) is 0 Å². The van der Waals surface area contributed by atoms with Crippen LogP contribution in [-0.4, -0.2) is 5.91 Å². The third-order valence-electron chi connectivity index (χ3n) is 2.67. The molecule has 2 aromatic rings. The van der Waals surface area contributed by atoms with Crippen molar-refractivity contribution in [1.82, 2.24) is 0 Å². The highest BCUT2D eigenvalue weighted by Crippen LogP contribution is 2.22. The van der Waals surface area contributed by atoms with E-state index in [0.29, 0.717) is 22.2 Å². The lowest BCUT2D eigenvalue weighted by molar-refractivity contribution is 0.100. The van der Waals surface area contributed by atoms with Crippen LogP contribution in [0.1, 0.15) is 15.9 Å². The van der Waals surface area contributed by atoms with Crippen molar-refractivity contribution in [2.75, 3.05) is 5.32 Å². The van der Waals surface area contributed by atoms with Crippen molar-refractivity contribution in [3.05, 3.63) is 63.6 Å². The molecule has 5 heteroatoms. The van der Waals surface area contributed by atoms with Gasteiger partial charge in [0.05, 0.1) is 0 Å². The Hall–Kier alpha value is -1.71. The van der Waals surface area contributed by atoms with Crippen LogP contribution in [0.2, 0.25) is 10.0 Å². The molecule has 0 unspecified atom stereocenters. The largest absolute Gasteiger partial charge is 0.381 e. The number of benzene rings is 2. The van der Waals surface area contributed by atoms with Crippen LogP contribution in [0.4, 0.5) is 5.69 Å². The Balaban J connectivity index is 2.04. The molecule has 0 saturated heterocycles. The van der Waals surface area contributed by atoms with Gasteiger partial charge >= 0.3 is 0 Å². The first-order valence-corrected chi connectivity index (χ1v) is 6.39. The van der Waals surface area contributed by atoms with Gasteiger partial charge in [0.2, 0.25) is 5.91 Å². The Morgan fingerprint density at radius 1 is 1.11 bits per heavy atom. The normalized spacial score (nSPS) is 10.2. The summed E-state index contributed by atoms with van der Waals surface area (Å²) in [5, 5.41) is 4.44. The van der Waals surface area contributed by atoms with Crippen LogP contribution in [0.5, 0.6) is 0 Å². The number of amides is 1. The van der Waals surface area contributed by atoms with Gasteiger partial charge < -0.3 is 11.1 Å². The minimum Gasteiger partial charge on any atom is -0.381 e. The van der Waals surface area contributed by atoms with Crippen molar-refractivity contribution >= 4 is 34.8 Å². The molecule has 1 amide bonds. The highest BCUT2D eigenvalue weighted by Gasteiger charge is 2.02. The van der Waals surface area contributed by atoms with Crippen molar-refractivity contribution in [3.8, 4) is 0 Å². The molecule has 98 valence electrons. The van der Waals surface area contributed by atoms with Gasteiger partial charge in [0.25, 0.3) is 0 Å². The lowest BCUT2D eigenvalue weighted by Gasteiger charge is -2.08. The zero-order valence-corrected chi connectivity index (χ0v) is 11.5. The molecule has 2 aromatic carbocycles. The number of hydrogen-bond donors (Lipinski definition) is 2. The molecule has 0 aliphatic carbocycles. The summed E-state index contributed by atoms with van der Waals surface area (Å²) >= 11 is 11.9. The molecular weight excluding hydrogens is 283 g/mol. The average Bonchev–Trinajstić information content (AvgIpc) is 2.38. The maximum Gasteiger partial charge on any atom is 0.248 e. The monoisotopic (exact) mass is 294 g/mol. The minimum atomic E-state index is -0.438. The number of carbonyl (C=O) groups excluding carboxylic acids is 1. The molecule has 0 fully saturated rings. The van der Waals surface area contributed by atoms with E-state index in [9.17, 15) is 4.79 Å². The zero-order chi connectivity index (χ0) is 13.8. The van der Waals surface area contributed by atoms with Crippen LogP contribution >= 0.6 is 23.2 Å². The van der Waals surface area contributed by atoms with Crippen LogP contribution in [-0.2, 0) is 6.54 Å². The van der Waals surface area contributed by atoms with E-state index in [1.807, 2.05) is 6.07 Å². The second kappa shape index (κ2) is 5.95. The summed E-state index contributed by atoms with van der Waals surface area (Å²) in [5.74, 6) is -0.438. The van der Waals surface area contributed by atoms with Gasteiger partial charge in [-0.25, -0.2) is 0 Å². The quantitative estimate of drug-likeness (QED) is 0.903. The summed E-state index contributed by atoms with van der Waals surface area (Å²) < 4.78 is 0. The molecule has 0 atom stereocenters. The summed E-state index contributed by atoms with van der Waals surface area (Å²) in [5.41, 5.74) is 7.49. The Labute approximate surface area is 121 Å². The van der Waals surface area contributed by atoms with Crippen molar-refractivity contribution < 1.29 is 4.79 Å². The molecule has 0 aliphatic rings. The van der Waals surface area contributed by atoms with Crippen LogP contribution in [0.3, 0.4) is 0 Å². The Kier molecular flexibility index (Phi) is 4.30.